The zero-order valence-electron chi connectivity index (χ0n) is 11.0. The molecule has 0 bridgehead atoms. The Balaban J connectivity index is 3.00. The molecule has 0 amide bonds. The van der Waals surface area contributed by atoms with E-state index in [0.717, 1.165) is 6.07 Å². The van der Waals surface area contributed by atoms with Crippen molar-refractivity contribution in [1.82, 2.24) is 4.72 Å². The highest BCUT2D eigenvalue weighted by Gasteiger charge is 2.22. The zero-order chi connectivity index (χ0) is 14.5. The molecule has 0 heterocycles. The predicted octanol–water partition coefficient (Wildman–Crippen LogP) is 1.70. The predicted molar refractivity (Wildman–Crippen MR) is 77.1 cm³/mol. The molecule has 7 heteroatoms. The first-order valence-corrected chi connectivity index (χ1v) is 8.82. The van der Waals surface area contributed by atoms with Crippen molar-refractivity contribution in [2.45, 2.75) is 30.8 Å². The molecule has 0 spiro atoms. The number of nitrogens with one attached hydrogen (secondary N) is 1. The summed E-state index contributed by atoms with van der Waals surface area (Å²) in [5.74, 6) is -0.118. The van der Waals surface area contributed by atoms with Crippen LogP contribution in [0, 0.1) is 5.82 Å². The summed E-state index contributed by atoms with van der Waals surface area (Å²) in [6, 6.07) is 3.73. The largest absolute Gasteiger partial charge is 0.326 e. The highest BCUT2D eigenvalue weighted by molar-refractivity contribution is 7.98. The Labute approximate surface area is 118 Å². The molecule has 0 aliphatic heterocycles. The van der Waals surface area contributed by atoms with E-state index >= 15 is 0 Å². The highest BCUT2D eigenvalue weighted by Crippen LogP contribution is 2.17. The molecule has 4 nitrogen and oxygen atoms in total. The Kier molecular flexibility index (Phi) is 6.25. The van der Waals surface area contributed by atoms with E-state index in [1.165, 1.54) is 12.1 Å². The minimum absolute atomic E-state index is 0.175. The second-order valence-corrected chi connectivity index (χ2v) is 6.74. The van der Waals surface area contributed by atoms with E-state index in [4.69, 9.17) is 5.73 Å². The molecule has 0 aromatic heterocycles. The molecule has 1 unspecified atom stereocenters. The number of thioether (sulfide) groups is 1. The Hall–Kier alpha value is -0.630. The van der Waals surface area contributed by atoms with E-state index in [0.29, 0.717) is 17.7 Å². The van der Waals surface area contributed by atoms with E-state index in [-0.39, 0.29) is 17.5 Å². The molecule has 108 valence electrons. The van der Waals surface area contributed by atoms with Crippen LogP contribution in [0.25, 0.3) is 0 Å². The SMILES string of the molecule is CCC(CSC)NS(=O)(=O)c1ccc(CN)cc1F. The smallest absolute Gasteiger partial charge is 0.243 e. The summed E-state index contributed by atoms with van der Waals surface area (Å²) >= 11 is 1.54. The molecule has 1 rings (SSSR count). The fourth-order valence-corrected chi connectivity index (χ4v) is 3.81. The van der Waals surface area contributed by atoms with Gasteiger partial charge in [0.2, 0.25) is 10.0 Å². The topological polar surface area (TPSA) is 72.2 Å². The molecular formula is C12H19FN2O2S2. The lowest BCUT2D eigenvalue weighted by Crippen LogP contribution is -2.36. The quantitative estimate of drug-likeness (QED) is 0.804. The van der Waals surface area contributed by atoms with Crippen LogP contribution in [0.4, 0.5) is 4.39 Å². The molecule has 1 aromatic rings. The Morgan fingerprint density at radius 2 is 2.16 bits per heavy atom. The number of hydrogen-bond acceptors (Lipinski definition) is 4. The molecule has 1 aromatic carbocycles. The van der Waals surface area contributed by atoms with Crippen molar-refractivity contribution in [3.8, 4) is 0 Å². The second-order valence-electron chi connectivity index (χ2n) is 4.15. The van der Waals surface area contributed by atoms with Gasteiger partial charge in [-0.15, -0.1) is 0 Å². The van der Waals surface area contributed by atoms with E-state index in [1.54, 1.807) is 11.8 Å². The van der Waals surface area contributed by atoms with Gasteiger partial charge in [-0.05, 0) is 30.4 Å². The van der Waals surface area contributed by atoms with Gasteiger partial charge in [-0.2, -0.15) is 11.8 Å². The van der Waals surface area contributed by atoms with Gasteiger partial charge in [-0.25, -0.2) is 17.5 Å². The summed E-state index contributed by atoms with van der Waals surface area (Å²) in [5, 5.41) is 0. The Morgan fingerprint density at radius 1 is 1.47 bits per heavy atom. The first-order valence-electron chi connectivity index (χ1n) is 5.94. The van der Waals surface area contributed by atoms with Crippen LogP contribution in [0.3, 0.4) is 0 Å². The molecule has 0 saturated carbocycles. The van der Waals surface area contributed by atoms with Gasteiger partial charge in [0, 0.05) is 18.3 Å². The van der Waals surface area contributed by atoms with Crippen molar-refractivity contribution in [3.05, 3.63) is 29.6 Å². The normalized spacial score (nSPS) is 13.5. The molecule has 0 saturated heterocycles. The number of benzene rings is 1. The van der Waals surface area contributed by atoms with Gasteiger partial charge < -0.3 is 5.73 Å². The van der Waals surface area contributed by atoms with Crippen molar-refractivity contribution < 1.29 is 12.8 Å². The van der Waals surface area contributed by atoms with Crippen molar-refractivity contribution in [3.63, 3.8) is 0 Å². The summed E-state index contributed by atoms with van der Waals surface area (Å²) in [7, 11) is -3.83. The lowest BCUT2D eigenvalue weighted by molar-refractivity contribution is 0.540. The minimum Gasteiger partial charge on any atom is -0.326 e. The summed E-state index contributed by atoms with van der Waals surface area (Å²) in [4.78, 5) is -0.329. The van der Waals surface area contributed by atoms with Gasteiger partial charge in [-0.1, -0.05) is 13.0 Å². The fourth-order valence-electron chi connectivity index (χ4n) is 1.61. The number of halogens is 1. The van der Waals surface area contributed by atoms with Crippen molar-refractivity contribution >= 4 is 21.8 Å². The number of nitrogens with two attached hydrogens (primary N) is 1. The van der Waals surface area contributed by atoms with E-state index < -0.39 is 15.8 Å². The van der Waals surface area contributed by atoms with Crippen LogP contribution in [0.2, 0.25) is 0 Å². The van der Waals surface area contributed by atoms with Crippen LogP contribution < -0.4 is 10.5 Å². The molecule has 19 heavy (non-hydrogen) atoms. The maximum absolute atomic E-state index is 13.8. The van der Waals surface area contributed by atoms with Gasteiger partial charge in [0.25, 0.3) is 0 Å². The molecule has 3 N–H and O–H groups in total. The molecule has 0 aliphatic rings. The van der Waals surface area contributed by atoms with Crippen LogP contribution in [-0.4, -0.2) is 26.5 Å². The first kappa shape index (κ1) is 16.4. The van der Waals surface area contributed by atoms with E-state index in [9.17, 15) is 12.8 Å². The van der Waals surface area contributed by atoms with Crippen molar-refractivity contribution in [1.29, 1.82) is 0 Å². The number of sulfonamides is 1. The highest BCUT2D eigenvalue weighted by atomic mass is 32.2. The monoisotopic (exact) mass is 306 g/mol. The van der Waals surface area contributed by atoms with Gasteiger partial charge in [-0.3, -0.25) is 0 Å². The average molecular weight is 306 g/mol. The number of rotatable bonds is 7. The third kappa shape index (κ3) is 4.45. The molecule has 1 atom stereocenters. The Bertz CT molecular complexity index is 520. The van der Waals surface area contributed by atoms with Crippen LogP contribution >= 0.6 is 11.8 Å². The summed E-state index contributed by atoms with van der Waals surface area (Å²) < 4.78 is 40.5. The molecule has 0 aliphatic carbocycles. The van der Waals surface area contributed by atoms with Crippen LogP contribution in [-0.2, 0) is 16.6 Å². The lowest BCUT2D eigenvalue weighted by atomic mass is 10.2. The standard InChI is InChI=1S/C12H19FN2O2S2/c1-3-10(8-18-2)15-19(16,17)12-5-4-9(7-14)6-11(12)13/h4-6,10,15H,3,7-8,14H2,1-2H3. The van der Waals surface area contributed by atoms with Crippen molar-refractivity contribution in [2.75, 3.05) is 12.0 Å². The third-order valence-electron chi connectivity index (χ3n) is 2.70. The number of hydrogen-bond donors (Lipinski definition) is 2. The van der Waals surface area contributed by atoms with Crippen LogP contribution in [0.1, 0.15) is 18.9 Å². The molecule has 0 fully saturated rings. The third-order valence-corrected chi connectivity index (χ3v) is 4.99. The summed E-state index contributed by atoms with van der Waals surface area (Å²) in [6.45, 7) is 2.06. The maximum atomic E-state index is 13.8. The zero-order valence-corrected chi connectivity index (χ0v) is 12.7. The molecule has 0 radical (unpaired) electrons. The first-order chi connectivity index (χ1) is 8.94. The van der Waals surface area contributed by atoms with Crippen LogP contribution in [0.15, 0.2) is 23.1 Å². The lowest BCUT2D eigenvalue weighted by Gasteiger charge is -2.16. The van der Waals surface area contributed by atoms with Crippen molar-refractivity contribution in [2.24, 2.45) is 5.73 Å². The van der Waals surface area contributed by atoms with E-state index in [2.05, 4.69) is 4.72 Å². The maximum Gasteiger partial charge on any atom is 0.243 e. The van der Waals surface area contributed by atoms with Gasteiger partial charge in [0.05, 0.1) is 0 Å². The fraction of sp³-hybridized carbons (Fsp3) is 0.500. The minimum atomic E-state index is -3.83. The summed E-state index contributed by atoms with van der Waals surface area (Å²) in [6.07, 6.45) is 2.55. The Morgan fingerprint density at radius 3 is 2.63 bits per heavy atom. The van der Waals surface area contributed by atoms with Gasteiger partial charge in [0.15, 0.2) is 0 Å². The van der Waals surface area contributed by atoms with E-state index in [1.807, 2.05) is 13.2 Å². The van der Waals surface area contributed by atoms with Gasteiger partial charge >= 0.3 is 0 Å². The second kappa shape index (κ2) is 7.23. The summed E-state index contributed by atoms with van der Waals surface area (Å²) in [5.41, 5.74) is 5.95. The molecular weight excluding hydrogens is 287 g/mol. The average Bonchev–Trinajstić information content (AvgIpc) is 2.37. The van der Waals surface area contributed by atoms with Gasteiger partial charge in [0.1, 0.15) is 10.7 Å². The van der Waals surface area contributed by atoms with Crippen LogP contribution in [0.5, 0.6) is 0 Å².